The predicted octanol–water partition coefficient (Wildman–Crippen LogP) is 3.31. The average Bonchev–Trinajstić information content (AvgIpc) is 2.83. The van der Waals surface area contributed by atoms with E-state index in [2.05, 4.69) is 25.5 Å². The first-order chi connectivity index (χ1) is 16.5. The number of amides is 2. The summed E-state index contributed by atoms with van der Waals surface area (Å²) in [7, 11) is 0. The summed E-state index contributed by atoms with van der Waals surface area (Å²) < 4.78 is 17.3. The van der Waals surface area contributed by atoms with Crippen LogP contribution < -0.4 is 26.7 Å². The van der Waals surface area contributed by atoms with Gasteiger partial charge in [0.2, 0.25) is 12.8 Å². The summed E-state index contributed by atoms with van der Waals surface area (Å²) in [5, 5.41) is 4.99. The van der Waals surface area contributed by atoms with Crippen LogP contribution in [0.15, 0.2) is 59.5 Å². The lowest BCUT2D eigenvalue weighted by Crippen LogP contribution is -2.39. The minimum Gasteiger partial charge on any atom is -0.461 e. The molecule has 1 aliphatic heterocycles. The van der Waals surface area contributed by atoms with Crippen LogP contribution in [0, 0.1) is 0 Å². The molecule has 1 saturated heterocycles. The monoisotopic (exact) mass is 466 g/mol. The Morgan fingerprint density at radius 2 is 1.88 bits per heavy atom. The van der Waals surface area contributed by atoms with E-state index in [1.54, 1.807) is 18.2 Å². The number of aromatic amines is 1. The van der Waals surface area contributed by atoms with E-state index in [0.717, 1.165) is 43.6 Å². The fourth-order valence-electron chi connectivity index (χ4n) is 3.84. The van der Waals surface area contributed by atoms with Crippen LogP contribution in [0.25, 0.3) is 11.1 Å². The zero-order valence-corrected chi connectivity index (χ0v) is 18.6. The number of H-pyrrole nitrogens is 1. The van der Waals surface area contributed by atoms with Gasteiger partial charge in [-0.1, -0.05) is 36.4 Å². The number of urea groups is 1. The summed E-state index contributed by atoms with van der Waals surface area (Å²) in [6.45, 7) is 1.80. The molecule has 1 aliphatic rings. The van der Waals surface area contributed by atoms with Gasteiger partial charge in [0.05, 0.1) is 11.3 Å². The normalized spacial score (nSPS) is 14.5. The number of nitrogens with zero attached hydrogens (tertiary/aromatic N) is 2. The number of carbonyl (C=O) groups excluding carboxylic acids is 1. The van der Waals surface area contributed by atoms with Crippen LogP contribution in [0.2, 0.25) is 0 Å². The third-order valence-electron chi connectivity index (χ3n) is 5.68. The summed E-state index contributed by atoms with van der Waals surface area (Å²) in [6, 6.07) is 13.8. The lowest BCUT2D eigenvalue weighted by molar-refractivity contribution is 0.192. The molecule has 0 saturated carbocycles. The number of anilines is 2. The summed E-state index contributed by atoms with van der Waals surface area (Å²) in [6.07, 6.45) is 3.52. The molecule has 5 N–H and O–H groups in total. The number of likely N-dealkylation sites (tertiary alicyclic amines) is 1. The Hall–Kier alpha value is -3.76. The largest absolute Gasteiger partial charge is 0.461 e. The lowest BCUT2D eigenvalue weighted by atomic mass is 10.0. The van der Waals surface area contributed by atoms with Crippen LogP contribution in [-0.4, -0.2) is 46.9 Å². The van der Waals surface area contributed by atoms with Crippen LogP contribution in [0.3, 0.4) is 0 Å². The molecule has 178 valence electrons. The minimum absolute atomic E-state index is 0.0185. The van der Waals surface area contributed by atoms with Crippen LogP contribution in [0.4, 0.5) is 20.8 Å². The third kappa shape index (κ3) is 5.97. The van der Waals surface area contributed by atoms with Crippen molar-refractivity contribution in [3.8, 4) is 16.9 Å². The summed E-state index contributed by atoms with van der Waals surface area (Å²) in [5.74, 6) is 0.166. The molecule has 0 atom stereocenters. The van der Waals surface area contributed by atoms with E-state index < -0.39 is 18.5 Å². The highest BCUT2D eigenvalue weighted by atomic mass is 19.1. The van der Waals surface area contributed by atoms with Crippen LogP contribution in [-0.2, 0) is 6.54 Å². The highest BCUT2D eigenvalue weighted by Crippen LogP contribution is 2.24. The highest BCUT2D eigenvalue weighted by molar-refractivity contribution is 5.99. The third-order valence-corrected chi connectivity index (χ3v) is 5.68. The van der Waals surface area contributed by atoms with E-state index >= 15 is 0 Å². The minimum atomic E-state index is -1.02. The number of carbonyl (C=O) groups is 1. The van der Waals surface area contributed by atoms with Crippen molar-refractivity contribution in [1.82, 2.24) is 14.9 Å². The van der Waals surface area contributed by atoms with Gasteiger partial charge in [0.1, 0.15) is 5.75 Å². The van der Waals surface area contributed by atoms with E-state index in [9.17, 15) is 14.0 Å². The molecule has 0 unspecified atom stereocenters. The van der Waals surface area contributed by atoms with E-state index in [4.69, 9.17) is 10.5 Å². The standard InChI is InChI=1S/C24H27FN6O3/c25-15-34-21-4-2-1-3-20(21)28-24(33)30-23-27-13-19(22(32)29-23)17-7-5-16(6-8-17)14-31-11-9-18(26)10-12-31/h1-8,13,18H,9-12,14-15,26H2,(H3,27,28,29,30,32,33). The number of ether oxygens (including phenoxy) is 1. The second-order valence-corrected chi connectivity index (χ2v) is 8.11. The highest BCUT2D eigenvalue weighted by Gasteiger charge is 2.16. The van der Waals surface area contributed by atoms with Crippen LogP contribution >= 0.6 is 0 Å². The summed E-state index contributed by atoms with van der Waals surface area (Å²) >= 11 is 0. The fourth-order valence-corrected chi connectivity index (χ4v) is 3.84. The van der Waals surface area contributed by atoms with Crippen molar-refractivity contribution in [1.29, 1.82) is 0 Å². The van der Waals surface area contributed by atoms with E-state index in [1.165, 1.54) is 12.3 Å². The van der Waals surface area contributed by atoms with Crippen molar-refractivity contribution in [2.45, 2.75) is 25.4 Å². The first-order valence-electron chi connectivity index (χ1n) is 11.0. The molecule has 0 aliphatic carbocycles. The zero-order chi connectivity index (χ0) is 23.9. The molecule has 2 heterocycles. The van der Waals surface area contributed by atoms with Crippen LogP contribution in [0.1, 0.15) is 18.4 Å². The van der Waals surface area contributed by atoms with Crippen molar-refractivity contribution >= 4 is 17.7 Å². The van der Waals surface area contributed by atoms with Gasteiger partial charge in [0, 0.05) is 18.8 Å². The smallest absolute Gasteiger partial charge is 0.326 e. The molecule has 0 radical (unpaired) electrons. The maximum Gasteiger partial charge on any atom is 0.326 e. The second-order valence-electron chi connectivity index (χ2n) is 8.11. The Balaban J connectivity index is 1.38. The number of nitrogens with two attached hydrogens (primary N) is 1. The van der Waals surface area contributed by atoms with E-state index in [0.29, 0.717) is 11.6 Å². The van der Waals surface area contributed by atoms with Gasteiger partial charge in [-0.25, -0.2) is 9.18 Å². The molecule has 4 rings (SSSR count). The number of alkyl halides is 1. The molecule has 3 aromatic rings. The van der Waals surface area contributed by atoms with Gasteiger partial charge in [-0.2, -0.15) is 4.98 Å². The van der Waals surface area contributed by atoms with Gasteiger partial charge < -0.3 is 20.8 Å². The number of hydrogen-bond donors (Lipinski definition) is 4. The molecule has 0 spiro atoms. The molecule has 1 fully saturated rings. The van der Waals surface area contributed by atoms with Crippen molar-refractivity contribution in [3.63, 3.8) is 0 Å². The number of rotatable bonds is 7. The first kappa shape index (κ1) is 23.4. The van der Waals surface area contributed by atoms with Gasteiger partial charge in [0.25, 0.3) is 5.56 Å². The zero-order valence-electron chi connectivity index (χ0n) is 18.6. The SMILES string of the molecule is NC1CCN(Cc2ccc(-c3c[nH]c(NC(=O)Nc4ccccc4OCF)nc3=O)cc2)CC1. The molecule has 1 aromatic heterocycles. The number of hydrogen-bond acceptors (Lipinski definition) is 6. The van der Waals surface area contributed by atoms with Gasteiger partial charge >= 0.3 is 6.03 Å². The number of aromatic nitrogens is 2. The quantitative estimate of drug-likeness (QED) is 0.423. The van der Waals surface area contributed by atoms with Crippen molar-refractivity contribution in [2.75, 3.05) is 30.6 Å². The number of nitrogens with one attached hydrogen (secondary N) is 3. The fraction of sp³-hybridized carbons (Fsp3) is 0.292. The molecular formula is C24H27FN6O3. The Kier molecular flexibility index (Phi) is 7.51. The molecule has 9 nitrogen and oxygen atoms in total. The molecule has 2 aromatic carbocycles. The maximum atomic E-state index is 12.6. The van der Waals surface area contributed by atoms with Crippen LogP contribution in [0.5, 0.6) is 5.75 Å². The van der Waals surface area contributed by atoms with Gasteiger partial charge in [-0.3, -0.25) is 15.0 Å². The number of para-hydroxylation sites is 2. The number of benzene rings is 2. The average molecular weight is 467 g/mol. The van der Waals surface area contributed by atoms with Gasteiger partial charge in [-0.05, 0) is 49.2 Å². The van der Waals surface area contributed by atoms with E-state index in [-0.39, 0.29) is 17.4 Å². The molecule has 10 heteroatoms. The summed E-state index contributed by atoms with van der Waals surface area (Å²) in [4.78, 5) is 34.0. The Bertz CT molecular complexity index is 1180. The Morgan fingerprint density at radius 3 is 2.59 bits per heavy atom. The molecule has 34 heavy (non-hydrogen) atoms. The van der Waals surface area contributed by atoms with Crippen molar-refractivity contribution in [3.05, 3.63) is 70.6 Å². The Labute approximate surface area is 196 Å². The predicted molar refractivity (Wildman–Crippen MR) is 128 cm³/mol. The molecule has 0 bridgehead atoms. The Morgan fingerprint density at radius 1 is 1.15 bits per heavy atom. The second kappa shape index (κ2) is 10.9. The molecular weight excluding hydrogens is 439 g/mol. The van der Waals surface area contributed by atoms with Gasteiger partial charge in [-0.15, -0.1) is 0 Å². The summed E-state index contributed by atoms with van der Waals surface area (Å²) in [5.41, 5.74) is 8.05. The topological polar surface area (TPSA) is 125 Å². The lowest BCUT2D eigenvalue weighted by Gasteiger charge is -2.30. The first-order valence-corrected chi connectivity index (χ1v) is 11.0. The van der Waals surface area contributed by atoms with Gasteiger partial charge in [0.15, 0.2) is 0 Å². The van der Waals surface area contributed by atoms with Crippen molar-refractivity contribution in [2.24, 2.45) is 5.73 Å². The maximum absolute atomic E-state index is 12.6. The molecule has 2 amide bonds. The number of piperidine rings is 1. The number of halogens is 1. The van der Waals surface area contributed by atoms with E-state index in [1.807, 2.05) is 24.3 Å². The van der Waals surface area contributed by atoms with Crippen molar-refractivity contribution < 1.29 is 13.9 Å².